The lowest BCUT2D eigenvalue weighted by molar-refractivity contribution is 0.0932. The van der Waals surface area contributed by atoms with Crippen molar-refractivity contribution in [2.24, 2.45) is 16.8 Å². The summed E-state index contributed by atoms with van der Waals surface area (Å²) in [5.74, 6) is -0.0385. The van der Waals surface area contributed by atoms with Crippen LogP contribution in [0.5, 0.6) is 0 Å². The second-order valence-corrected chi connectivity index (χ2v) is 5.98. The third-order valence-electron chi connectivity index (χ3n) is 3.70. The zero-order valence-corrected chi connectivity index (χ0v) is 12.9. The maximum atomic E-state index is 12.3. The molecule has 20 heavy (non-hydrogen) atoms. The summed E-state index contributed by atoms with van der Waals surface area (Å²) >= 11 is 3.41. The molecule has 1 aromatic carbocycles. The van der Waals surface area contributed by atoms with Crippen molar-refractivity contribution in [1.29, 1.82) is 0 Å². The van der Waals surface area contributed by atoms with Crippen molar-refractivity contribution in [1.82, 2.24) is 5.32 Å². The molecule has 2 rings (SSSR count). The minimum Gasteiger partial charge on any atom is -0.409 e. The van der Waals surface area contributed by atoms with Gasteiger partial charge in [-0.3, -0.25) is 4.79 Å². The number of amidine groups is 1. The van der Waals surface area contributed by atoms with Crippen LogP contribution < -0.4 is 11.1 Å². The van der Waals surface area contributed by atoms with Gasteiger partial charge in [-0.2, -0.15) is 0 Å². The molecule has 1 aliphatic rings. The number of rotatable bonds is 3. The first kappa shape index (κ1) is 14.8. The van der Waals surface area contributed by atoms with E-state index in [-0.39, 0.29) is 23.7 Å². The first-order valence-corrected chi connectivity index (χ1v) is 7.36. The smallest absolute Gasteiger partial charge is 0.252 e. The number of nitrogens with one attached hydrogen (secondary N) is 1. The van der Waals surface area contributed by atoms with Crippen LogP contribution in [-0.2, 0) is 0 Å². The van der Waals surface area contributed by atoms with Gasteiger partial charge in [0.15, 0.2) is 0 Å². The van der Waals surface area contributed by atoms with Crippen molar-refractivity contribution in [2.45, 2.75) is 32.2 Å². The van der Waals surface area contributed by atoms with Gasteiger partial charge in [-0.05, 0) is 53.4 Å². The van der Waals surface area contributed by atoms with Crippen LogP contribution in [0, 0.1) is 12.8 Å². The first-order valence-electron chi connectivity index (χ1n) is 6.57. The summed E-state index contributed by atoms with van der Waals surface area (Å²) in [6, 6.07) is 5.52. The van der Waals surface area contributed by atoms with E-state index in [1.807, 2.05) is 19.1 Å². The molecular weight excluding hydrogens is 322 g/mol. The Hall–Kier alpha value is -1.56. The molecule has 0 aliphatic heterocycles. The third kappa shape index (κ3) is 3.12. The number of hydrogen-bond acceptors (Lipinski definition) is 3. The van der Waals surface area contributed by atoms with E-state index in [0.717, 1.165) is 29.3 Å². The van der Waals surface area contributed by atoms with Gasteiger partial charge in [0, 0.05) is 16.4 Å². The predicted octanol–water partition coefficient (Wildman–Crippen LogP) is 2.40. The molecule has 2 unspecified atom stereocenters. The number of amides is 1. The lowest BCUT2D eigenvalue weighted by atomic mass is 10.0. The number of carbonyl (C=O) groups is 1. The normalized spacial score (nSPS) is 22.8. The lowest BCUT2D eigenvalue weighted by Gasteiger charge is -2.20. The van der Waals surface area contributed by atoms with Crippen LogP contribution in [0.4, 0.5) is 0 Å². The van der Waals surface area contributed by atoms with Gasteiger partial charge in [-0.15, -0.1) is 0 Å². The standard InChI is InChI=1S/C14H18BrN3O2/c1-8-5-6-9(11(15)7-8)14(19)17-12-4-2-3-10(12)13(16)18-20/h5-7,10,12,20H,2-4H2,1H3,(H2,16,18)(H,17,19). The van der Waals surface area contributed by atoms with Crippen molar-refractivity contribution < 1.29 is 10.0 Å². The summed E-state index contributed by atoms with van der Waals surface area (Å²) in [7, 11) is 0. The molecule has 0 heterocycles. The highest BCUT2D eigenvalue weighted by atomic mass is 79.9. The Kier molecular flexibility index (Phi) is 4.65. The second kappa shape index (κ2) is 6.26. The fourth-order valence-electron chi connectivity index (χ4n) is 2.61. The molecule has 0 spiro atoms. The summed E-state index contributed by atoms with van der Waals surface area (Å²) in [6.45, 7) is 1.97. The summed E-state index contributed by atoms with van der Waals surface area (Å²) in [4.78, 5) is 12.3. The van der Waals surface area contributed by atoms with E-state index < -0.39 is 0 Å². The Labute approximate surface area is 126 Å². The number of nitrogens with two attached hydrogens (primary N) is 1. The number of oxime groups is 1. The van der Waals surface area contributed by atoms with E-state index in [0.29, 0.717) is 5.56 Å². The van der Waals surface area contributed by atoms with Crippen LogP contribution in [0.2, 0.25) is 0 Å². The van der Waals surface area contributed by atoms with Crippen molar-refractivity contribution in [3.63, 3.8) is 0 Å². The molecule has 6 heteroatoms. The van der Waals surface area contributed by atoms with Gasteiger partial charge in [0.25, 0.3) is 5.91 Å². The zero-order valence-electron chi connectivity index (χ0n) is 11.3. The summed E-state index contributed by atoms with van der Waals surface area (Å²) < 4.78 is 0.772. The first-order chi connectivity index (χ1) is 9.52. The Morgan fingerprint density at radius 2 is 2.25 bits per heavy atom. The van der Waals surface area contributed by atoms with E-state index in [4.69, 9.17) is 10.9 Å². The largest absolute Gasteiger partial charge is 0.409 e. The number of nitrogens with zero attached hydrogens (tertiary/aromatic N) is 1. The Morgan fingerprint density at radius 3 is 2.90 bits per heavy atom. The molecule has 1 aliphatic carbocycles. The average molecular weight is 340 g/mol. The Bertz CT molecular complexity index is 545. The van der Waals surface area contributed by atoms with E-state index in [2.05, 4.69) is 26.4 Å². The van der Waals surface area contributed by atoms with Gasteiger partial charge in [0.2, 0.25) is 0 Å². The van der Waals surface area contributed by atoms with Crippen molar-refractivity contribution in [2.75, 3.05) is 0 Å². The Balaban J connectivity index is 2.11. The van der Waals surface area contributed by atoms with E-state index in [1.54, 1.807) is 6.07 Å². The fourth-order valence-corrected chi connectivity index (χ4v) is 3.28. The molecular formula is C14H18BrN3O2. The molecule has 1 aromatic rings. The highest BCUT2D eigenvalue weighted by Gasteiger charge is 2.32. The van der Waals surface area contributed by atoms with Gasteiger partial charge >= 0.3 is 0 Å². The average Bonchev–Trinajstić information content (AvgIpc) is 2.85. The molecule has 5 nitrogen and oxygen atoms in total. The molecule has 1 fully saturated rings. The van der Waals surface area contributed by atoms with Crippen LogP contribution in [-0.4, -0.2) is 23.0 Å². The van der Waals surface area contributed by atoms with Crippen molar-refractivity contribution in [3.8, 4) is 0 Å². The molecule has 108 valence electrons. The van der Waals surface area contributed by atoms with E-state index >= 15 is 0 Å². The second-order valence-electron chi connectivity index (χ2n) is 5.13. The van der Waals surface area contributed by atoms with Gasteiger partial charge in [0.05, 0.1) is 5.56 Å². The number of halogens is 1. The maximum absolute atomic E-state index is 12.3. The number of benzene rings is 1. The Morgan fingerprint density at radius 1 is 1.50 bits per heavy atom. The van der Waals surface area contributed by atoms with Gasteiger partial charge in [-0.25, -0.2) is 0 Å². The van der Waals surface area contributed by atoms with Crippen LogP contribution >= 0.6 is 15.9 Å². The summed E-state index contributed by atoms with van der Waals surface area (Å²) in [5, 5.41) is 14.8. The van der Waals surface area contributed by atoms with E-state index in [1.165, 1.54) is 0 Å². The zero-order chi connectivity index (χ0) is 14.7. The van der Waals surface area contributed by atoms with Crippen LogP contribution in [0.3, 0.4) is 0 Å². The molecule has 1 amide bonds. The fraction of sp³-hybridized carbons (Fsp3) is 0.429. The lowest BCUT2D eigenvalue weighted by Crippen LogP contribution is -2.42. The summed E-state index contributed by atoms with van der Waals surface area (Å²) in [5.41, 5.74) is 7.36. The monoisotopic (exact) mass is 339 g/mol. The predicted molar refractivity (Wildman–Crippen MR) is 80.9 cm³/mol. The highest BCUT2D eigenvalue weighted by molar-refractivity contribution is 9.10. The molecule has 0 aromatic heterocycles. The number of aryl methyl sites for hydroxylation is 1. The third-order valence-corrected chi connectivity index (χ3v) is 4.35. The minimum atomic E-state index is -0.139. The SMILES string of the molecule is Cc1ccc(C(=O)NC2CCCC2/C(N)=N/O)c(Br)c1. The molecule has 1 saturated carbocycles. The quantitative estimate of drug-likeness (QED) is 0.342. The molecule has 2 atom stereocenters. The topological polar surface area (TPSA) is 87.7 Å². The molecule has 0 radical (unpaired) electrons. The minimum absolute atomic E-state index is 0.0772. The van der Waals surface area contributed by atoms with Gasteiger partial charge in [-0.1, -0.05) is 17.6 Å². The van der Waals surface area contributed by atoms with E-state index in [9.17, 15) is 4.79 Å². The van der Waals surface area contributed by atoms with Crippen LogP contribution in [0.15, 0.2) is 27.8 Å². The maximum Gasteiger partial charge on any atom is 0.252 e. The molecule has 4 N–H and O–H groups in total. The van der Waals surface area contributed by atoms with Crippen LogP contribution in [0.25, 0.3) is 0 Å². The summed E-state index contributed by atoms with van der Waals surface area (Å²) in [6.07, 6.45) is 2.63. The van der Waals surface area contributed by atoms with Crippen molar-refractivity contribution in [3.05, 3.63) is 33.8 Å². The van der Waals surface area contributed by atoms with Gasteiger partial charge in [0.1, 0.15) is 5.84 Å². The van der Waals surface area contributed by atoms with Gasteiger partial charge < -0.3 is 16.3 Å². The molecule has 0 saturated heterocycles. The highest BCUT2D eigenvalue weighted by Crippen LogP contribution is 2.27. The molecule has 0 bridgehead atoms. The van der Waals surface area contributed by atoms with Crippen molar-refractivity contribution >= 4 is 27.7 Å². The number of hydrogen-bond donors (Lipinski definition) is 3. The van der Waals surface area contributed by atoms with Crippen LogP contribution in [0.1, 0.15) is 35.2 Å². The number of carbonyl (C=O) groups excluding carboxylic acids is 1.